The molecule has 4 N–H and O–H groups in total. The molecule has 11 heteroatoms. The number of carbonyl (C=O) groups is 1. The summed E-state index contributed by atoms with van der Waals surface area (Å²) in [4.78, 5) is 20.6. The van der Waals surface area contributed by atoms with Crippen LogP contribution in [0.1, 0.15) is 12.8 Å². The van der Waals surface area contributed by atoms with Crippen LogP contribution in [-0.4, -0.2) is 45.8 Å². The van der Waals surface area contributed by atoms with Crippen LogP contribution in [0.3, 0.4) is 0 Å². The highest BCUT2D eigenvalue weighted by Gasteiger charge is 2.23. The lowest BCUT2D eigenvalue weighted by Gasteiger charge is -2.29. The quantitative estimate of drug-likeness (QED) is 0.398. The summed E-state index contributed by atoms with van der Waals surface area (Å²) in [6.07, 6.45) is 1.70. The molecule has 1 fully saturated rings. The molecule has 3 aromatic rings. The van der Waals surface area contributed by atoms with Gasteiger partial charge in [0.1, 0.15) is 17.9 Å². The molecule has 4 rings (SSSR count). The summed E-state index contributed by atoms with van der Waals surface area (Å²) in [6.45, 7) is 1.29. The van der Waals surface area contributed by atoms with Crippen molar-refractivity contribution >= 4 is 34.2 Å². The third kappa shape index (κ3) is 4.32. The normalized spacial score (nSPS) is 14.5. The van der Waals surface area contributed by atoms with Crippen LogP contribution in [0.2, 0.25) is 0 Å². The summed E-state index contributed by atoms with van der Waals surface area (Å²) in [5.74, 6) is -3.47. The number of carboxylic acid groups (broad SMARTS) is 1. The summed E-state index contributed by atoms with van der Waals surface area (Å²) in [7, 11) is 0. The van der Waals surface area contributed by atoms with E-state index in [9.17, 15) is 18.0 Å². The summed E-state index contributed by atoms with van der Waals surface area (Å²) in [5, 5.41) is 12.1. The second-order valence-corrected chi connectivity index (χ2v) is 7.50. The predicted molar refractivity (Wildman–Crippen MR) is 111 cm³/mol. The van der Waals surface area contributed by atoms with Gasteiger partial charge in [0, 0.05) is 24.5 Å². The summed E-state index contributed by atoms with van der Waals surface area (Å²) in [6, 6.07) is 5.05. The summed E-state index contributed by atoms with van der Waals surface area (Å²) < 4.78 is 46.6. The molecule has 1 aliphatic heterocycles. The van der Waals surface area contributed by atoms with Crippen molar-refractivity contribution in [3.63, 3.8) is 0 Å². The maximum atomic E-state index is 14.0. The maximum absolute atomic E-state index is 14.0. The fourth-order valence-electron chi connectivity index (χ4n) is 3.57. The number of nitrogens with zero attached hydrogens (tertiary/aromatic N) is 3. The number of rotatable bonds is 5. The van der Waals surface area contributed by atoms with E-state index in [2.05, 4.69) is 15.3 Å². The Morgan fingerprint density at radius 2 is 1.94 bits per heavy atom. The van der Waals surface area contributed by atoms with E-state index in [1.807, 2.05) is 0 Å². The number of nitrogen functional groups attached to an aromatic ring is 1. The topological polar surface area (TPSA) is 114 Å². The van der Waals surface area contributed by atoms with Gasteiger partial charge in [-0.3, -0.25) is 0 Å². The number of benzene rings is 2. The van der Waals surface area contributed by atoms with Crippen molar-refractivity contribution < 1.29 is 27.8 Å². The van der Waals surface area contributed by atoms with E-state index in [0.717, 1.165) is 12.1 Å². The van der Waals surface area contributed by atoms with Crippen molar-refractivity contribution in [2.24, 2.45) is 5.92 Å². The zero-order valence-electron chi connectivity index (χ0n) is 16.8. The fourth-order valence-corrected chi connectivity index (χ4v) is 3.57. The molecule has 2 heterocycles. The second-order valence-electron chi connectivity index (χ2n) is 7.50. The number of hydrogen-bond donors (Lipinski definition) is 3. The van der Waals surface area contributed by atoms with Crippen LogP contribution in [-0.2, 0) is 0 Å². The van der Waals surface area contributed by atoms with Gasteiger partial charge in [-0.1, -0.05) is 0 Å². The second kappa shape index (κ2) is 8.77. The monoisotopic (exact) mass is 447 g/mol. The number of nitrogens with two attached hydrogens (primary N) is 1. The SMILES string of the molecule is Nc1cc2c(Nc3ccc(F)c(F)c3F)ncnc2cc1OCC1CCN(C(=O)O)CC1. The van der Waals surface area contributed by atoms with Gasteiger partial charge in [-0.05, 0) is 37.0 Å². The van der Waals surface area contributed by atoms with Gasteiger partial charge in [0.2, 0.25) is 0 Å². The average molecular weight is 447 g/mol. The number of halogens is 3. The Balaban J connectivity index is 1.51. The van der Waals surface area contributed by atoms with Crippen molar-refractivity contribution in [2.45, 2.75) is 12.8 Å². The third-order valence-corrected chi connectivity index (χ3v) is 5.41. The number of amides is 1. The van der Waals surface area contributed by atoms with E-state index in [1.54, 1.807) is 12.1 Å². The van der Waals surface area contributed by atoms with Crippen molar-refractivity contribution in [2.75, 3.05) is 30.7 Å². The van der Waals surface area contributed by atoms with Crippen LogP contribution in [0, 0.1) is 23.4 Å². The van der Waals surface area contributed by atoms with Crippen LogP contribution < -0.4 is 15.8 Å². The van der Waals surface area contributed by atoms with E-state index in [0.29, 0.717) is 54.9 Å². The molecule has 0 bridgehead atoms. The van der Waals surface area contributed by atoms with Gasteiger partial charge in [0.25, 0.3) is 0 Å². The van der Waals surface area contributed by atoms with Gasteiger partial charge in [-0.25, -0.2) is 27.9 Å². The molecule has 1 saturated heterocycles. The van der Waals surface area contributed by atoms with Crippen LogP contribution in [0.5, 0.6) is 5.75 Å². The Morgan fingerprint density at radius 1 is 1.19 bits per heavy atom. The minimum absolute atomic E-state index is 0.166. The van der Waals surface area contributed by atoms with Gasteiger partial charge in [-0.15, -0.1) is 0 Å². The molecule has 0 atom stereocenters. The molecule has 32 heavy (non-hydrogen) atoms. The lowest BCUT2D eigenvalue weighted by molar-refractivity contribution is 0.112. The third-order valence-electron chi connectivity index (χ3n) is 5.41. The highest BCUT2D eigenvalue weighted by atomic mass is 19.2. The Morgan fingerprint density at radius 3 is 2.66 bits per heavy atom. The summed E-state index contributed by atoms with van der Waals surface area (Å²) >= 11 is 0. The highest BCUT2D eigenvalue weighted by molar-refractivity contribution is 5.94. The van der Waals surface area contributed by atoms with Crippen molar-refractivity contribution in [3.05, 3.63) is 48.0 Å². The van der Waals surface area contributed by atoms with Gasteiger partial charge in [0.15, 0.2) is 17.5 Å². The highest BCUT2D eigenvalue weighted by Crippen LogP contribution is 2.33. The first-order valence-corrected chi connectivity index (χ1v) is 9.89. The fraction of sp³-hybridized carbons (Fsp3) is 0.286. The summed E-state index contributed by atoms with van der Waals surface area (Å²) in [5.41, 5.74) is 6.59. The predicted octanol–water partition coefficient (Wildman–Crippen LogP) is 4.14. The van der Waals surface area contributed by atoms with Crippen LogP contribution in [0.15, 0.2) is 30.6 Å². The van der Waals surface area contributed by atoms with Crippen LogP contribution in [0.4, 0.5) is 35.2 Å². The molecule has 1 aliphatic rings. The van der Waals surface area contributed by atoms with Crippen LogP contribution in [0.25, 0.3) is 10.9 Å². The minimum atomic E-state index is -1.59. The first-order valence-electron chi connectivity index (χ1n) is 9.89. The zero-order valence-corrected chi connectivity index (χ0v) is 16.8. The number of anilines is 3. The minimum Gasteiger partial charge on any atom is -0.491 e. The average Bonchev–Trinajstić information content (AvgIpc) is 2.78. The van der Waals surface area contributed by atoms with E-state index >= 15 is 0 Å². The largest absolute Gasteiger partial charge is 0.491 e. The Bertz CT molecular complexity index is 1170. The molecule has 1 aromatic heterocycles. The van der Waals surface area contributed by atoms with E-state index in [1.165, 1.54) is 11.2 Å². The van der Waals surface area contributed by atoms with Gasteiger partial charge < -0.3 is 25.8 Å². The number of ether oxygens (including phenoxy) is 1. The Kier molecular flexibility index (Phi) is 5.89. The number of nitrogens with one attached hydrogen (secondary N) is 1. The Labute approximate surface area is 180 Å². The van der Waals surface area contributed by atoms with Crippen molar-refractivity contribution in [1.82, 2.24) is 14.9 Å². The van der Waals surface area contributed by atoms with Gasteiger partial charge in [0.05, 0.1) is 23.5 Å². The van der Waals surface area contributed by atoms with Crippen LogP contribution >= 0.6 is 0 Å². The standard InChI is InChI=1S/C21H20F3N5O3/c22-13-1-2-15(19(24)18(13)23)28-20-12-7-14(25)17(8-16(12)26-10-27-20)32-9-11-3-5-29(6-4-11)21(30)31/h1-2,7-8,10-11H,3-6,9,25H2,(H,30,31)(H,26,27,28). The number of aromatic nitrogens is 2. The molecular formula is C21H20F3N5O3. The van der Waals surface area contributed by atoms with Crippen molar-refractivity contribution in [3.8, 4) is 5.75 Å². The smallest absolute Gasteiger partial charge is 0.407 e. The van der Waals surface area contributed by atoms with E-state index in [4.69, 9.17) is 15.6 Å². The molecular weight excluding hydrogens is 427 g/mol. The molecule has 0 radical (unpaired) electrons. The molecule has 0 aliphatic carbocycles. The first kappa shape index (κ1) is 21.5. The lowest BCUT2D eigenvalue weighted by atomic mass is 9.98. The molecule has 8 nitrogen and oxygen atoms in total. The first-order chi connectivity index (χ1) is 15.3. The molecule has 2 aromatic carbocycles. The number of piperidine rings is 1. The van der Waals surface area contributed by atoms with Gasteiger partial charge in [-0.2, -0.15) is 0 Å². The molecule has 1 amide bonds. The Hall–Kier alpha value is -3.76. The molecule has 0 unspecified atom stereocenters. The van der Waals surface area contributed by atoms with E-state index in [-0.39, 0.29) is 17.4 Å². The lowest BCUT2D eigenvalue weighted by Crippen LogP contribution is -2.38. The van der Waals surface area contributed by atoms with Gasteiger partial charge >= 0.3 is 6.09 Å². The molecule has 0 spiro atoms. The molecule has 168 valence electrons. The number of hydrogen-bond acceptors (Lipinski definition) is 6. The van der Waals surface area contributed by atoms with Crippen molar-refractivity contribution in [1.29, 1.82) is 0 Å². The number of fused-ring (bicyclic) bond motifs is 1. The van der Waals surface area contributed by atoms with E-state index < -0.39 is 23.5 Å². The maximum Gasteiger partial charge on any atom is 0.407 e. The zero-order chi connectivity index (χ0) is 22.8. The number of likely N-dealkylation sites (tertiary alicyclic amines) is 1. The molecule has 0 saturated carbocycles.